The number of hydrogen-bond acceptors (Lipinski definition) is 1. The van der Waals surface area contributed by atoms with Crippen LogP contribution in [0.1, 0.15) is 71.1 Å². The molecule has 1 N–H and O–H groups in total. The van der Waals surface area contributed by atoms with Gasteiger partial charge in [0.05, 0.1) is 5.76 Å². The molecule has 0 aliphatic heterocycles. The highest BCUT2D eigenvalue weighted by Gasteiger charge is 2.52. The molecule has 0 saturated heterocycles. The van der Waals surface area contributed by atoms with Crippen LogP contribution in [0.4, 0.5) is 0 Å². The zero-order chi connectivity index (χ0) is 13.0. The minimum absolute atomic E-state index is 0.680. The Balaban J connectivity index is 1.65. The van der Waals surface area contributed by atoms with Crippen molar-refractivity contribution in [3.63, 3.8) is 0 Å². The summed E-state index contributed by atoms with van der Waals surface area (Å²) in [7, 11) is 0. The van der Waals surface area contributed by atoms with Crippen LogP contribution >= 0.6 is 0 Å². The smallest absolute Gasteiger partial charge is 0.0917 e. The van der Waals surface area contributed by atoms with E-state index in [1.165, 1.54) is 63.4 Å². The second kappa shape index (κ2) is 4.27. The lowest BCUT2D eigenvalue weighted by Gasteiger charge is -2.53. The van der Waals surface area contributed by atoms with Gasteiger partial charge in [-0.1, -0.05) is 13.3 Å². The van der Waals surface area contributed by atoms with Crippen molar-refractivity contribution < 1.29 is 5.11 Å². The maximum atomic E-state index is 10.2. The maximum Gasteiger partial charge on any atom is 0.0917 e. The van der Waals surface area contributed by atoms with Crippen molar-refractivity contribution >= 4 is 0 Å². The molecule has 0 heterocycles. The van der Waals surface area contributed by atoms with Crippen LogP contribution in [-0.2, 0) is 0 Å². The minimum atomic E-state index is 0.680. The van der Waals surface area contributed by atoms with Gasteiger partial charge in [-0.3, -0.25) is 0 Å². The average molecular weight is 260 g/mol. The van der Waals surface area contributed by atoms with Crippen molar-refractivity contribution in [3.05, 3.63) is 11.3 Å². The van der Waals surface area contributed by atoms with Crippen LogP contribution in [0, 0.1) is 29.1 Å². The van der Waals surface area contributed by atoms with Crippen molar-refractivity contribution in [1.29, 1.82) is 0 Å². The SMILES string of the molecule is C[C@@]12CCC[C@H]1[C@@H]1CCC3=C(O)CCC[C@@H]3[C@H]1CC2. The van der Waals surface area contributed by atoms with E-state index in [1.807, 2.05) is 0 Å². The first-order valence-electron chi connectivity index (χ1n) is 8.60. The fraction of sp³-hybridized carbons (Fsp3) is 0.889. The zero-order valence-corrected chi connectivity index (χ0v) is 12.3. The van der Waals surface area contributed by atoms with Gasteiger partial charge in [-0.15, -0.1) is 0 Å². The number of hydrogen-bond donors (Lipinski definition) is 1. The Morgan fingerprint density at radius 1 is 0.947 bits per heavy atom. The molecule has 1 heteroatoms. The first-order chi connectivity index (χ1) is 9.19. The Morgan fingerprint density at radius 3 is 2.74 bits per heavy atom. The predicted octanol–water partition coefficient (Wildman–Crippen LogP) is 5.23. The van der Waals surface area contributed by atoms with Gasteiger partial charge in [-0.2, -0.15) is 0 Å². The molecule has 3 fully saturated rings. The fourth-order valence-electron chi connectivity index (χ4n) is 6.39. The van der Waals surface area contributed by atoms with Gasteiger partial charge in [0, 0.05) is 6.42 Å². The number of aliphatic hydroxyl groups excluding tert-OH is 1. The van der Waals surface area contributed by atoms with E-state index in [2.05, 4.69) is 6.92 Å². The highest BCUT2D eigenvalue weighted by molar-refractivity contribution is 5.20. The van der Waals surface area contributed by atoms with Gasteiger partial charge in [-0.05, 0) is 86.0 Å². The predicted molar refractivity (Wildman–Crippen MR) is 77.9 cm³/mol. The van der Waals surface area contributed by atoms with E-state index in [0.29, 0.717) is 5.41 Å². The van der Waals surface area contributed by atoms with Crippen LogP contribution in [0.15, 0.2) is 11.3 Å². The Morgan fingerprint density at radius 2 is 1.84 bits per heavy atom. The summed E-state index contributed by atoms with van der Waals surface area (Å²) in [5.74, 6) is 4.47. The molecule has 0 radical (unpaired) electrons. The zero-order valence-electron chi connectivity index (χ0n) is 12.3. The lowest BCUT2D eigenvalue weighted by molar-refractivity contribution is -0.00376. The van der Waals surface area contributed by atoms with Crippen molar-refractivity contribution in [2.24, 2.45) is 29.1 Å². The summed E-state index contributed by atoms with van der Waals surface area (Å²) < 4.78 is 0. The highest BCUT2D eigenvalue weighted by atomic mass is 16.3. The van der Waals surface area contributed by atoms with Crippen LogP contribution in [0.25, 0.3) is 0 Å². The van der Waals surface area contributed by atoms with E-state index in [1.54, 1.807) is 0 Å². The number of fused-ring (bicyclic) bond motifs is 5. The number of allylic oxidation sites excluding steroid dienone is 2. The summed E-state index contributed by atoms with van der Waals surface area (Å²) in [4.78, 5) is 0. The molecule has 4 rings (SSSR count). The molecular weight excluding hydrogens is 232 g/mol. The second-order valence-electron chi connectivity index (χ2n) is 8.03. The summed E-state index contributed by atoms with van der Waals surface area (Å²) in [6, 6.07) is 0. The van der Waals surface area contributed by atoms with Crippen molar-refractivity contribution in [2.45, 2.75) is 71.1 Å². The van der Waals surface area contributed by atoms with Crippen LogP contribution in [0.5, 0.6) is 0 Å². The first-order valence-corrected chi connectivity index (χ1v) is 8.60. The lowest BCUT2D eigenvalue weighted by atomic mass is 9.52. The van der Waals surface area contributed by atoms with Crippen LogP contribution < -0.4 is 0 Å². The summed E-state index contributed by atoms with van der Waals surface area (Å²) in [6.07, 6.45) is 13.5. The van der Waals surface area contributed by atoms with E-state index < -0.39 is 0 Å². The molecule has 0 amide bonds. The summed E-state index contributed by atoms with van der Waals surface area (Å²) in [5.41, 5.74) is 2.16. The van der Waals surface area contributed by atoms with Gasteiger partial charge in [0.2, 0.25) is 0 Å². The average Bonchev–Trinajstić information content (AvgIpc) is 2.80. The Bertz CT molecular complexity index is 410. The third-order valence-corrected chi connectivity index (χ3v) is 7.28. The molecule has 0 unspecified atom stereocenters. The normalized spacial score (nSPS) is 49.5. The molecule has 19 heavy (non-hydrogen) atoms. The Kier molecular flexibility index (Phi) is 2.76. The first kappa shape index (κ1) is 12.3. The molecule has 4 aliphatic rings. The van der Waals surface area contributed by atoms with Crippen LogP contribution in [-0.4, -0.2) is 5.11 Å². The highest BCUT2D eigenvalue weighted by Crippen LogP contribution is 2.62. The minimum Gasteiger partial charge on any atom is -0.512 e. The van der Waals surface area contributed by atoms with E-state index in [4.69, 9.17) is 0 Å². The van der Waals surface area contributed by atoms with E-state index in [-0.39, 0.29) is 0 Å². The van der Waals surface area contributed by atoms with Gasteiger partial charge in [0.1, 0.15) is 0 Å². The molecule has 4 aliphatic carbocycles. The van der Waals surface area contributed by atoms with E-state index in [9.17, 15) is 5.11 Å². The fourth-order valence-corrected chi connectivity index (χ4v) is 6.39. The number of aliphatic hydroxyl groups is 1. The van der Waals surface area contributed by atoms with E-state index in [0.717, 1.165) is 35.9 Å². The lowest BCUT2D eigenvalue weighted by Crippen LogP contribution is -2.44. The largest absolute Gasteiger partial charge is 0.512 e. The van der Waals surface area contributed by atoms with Crippen molar-refractivity contribution in [2.75, 3.05) is 0 Å². The van der Waals surface area contributed by atoms with Gasteiger partial charge in [-0.25, -0.2) is 0 Å². The van der Waals surface area contributed by atoms with E-state index >= 15 is 0 Å². The summed E-state index contributed by atoms with van der Waals surface area (Å²) >= 11 is 0. The van der Waals surface area contributed by atoms with Crippen molar-refractivity contribution in [3.8, 4) is 0 Å². The molecule has 3 saturated carbocycles. The van der Waals surface area contributed by atoms with Crippen LogP contribution in [0.3, 0.4) is 0 Å². The standard InChI is InChI=1S/C18H28O/c1-18-10-3-5-16(18)14-7-8-15-12(13(14)9-11-18)4-2-6-17(15)19/h12-14,16,19H,2-11H2,1H3/t12-,13-,14-,16+,18+/m1/s1. The molecule has 0 bridgehead atoms. The molecule has 106 valence electrons. The van der Waals surface area contributed by atoms with Crippen LogP contribution in [0.2, 0.25) is 0 Å². The Labute approximate surface area is 117 Å². The monoisotopic (exact) mass is 260 g/mol. The Hall–Kier alpha value is -0.460. The summed E-state index contributed by atoms with van der Waals surface area (Å²) in [6.45, 7) is 2.57. The molecule has 0 aromatic rings. The molecule has 5 atom stereocenters. The third kappa shape index (κ3) is 1.73. The molecule has 0 aromatic carbocycles. The topological polar surface area (TPSA) is 20.2 Å². The maximum absolute atomic E-state index is 10.2. The van der Waals surface area contributed by atoms with Crippen molar-refractivity contribution in [1.82, 2.24) is 0 Å². The van der Waals surface area contributed by atoms with Gasteiger partial charge in [0.15, 0.2) is 0 Å². The van der Waals surface area contributed by atoms with Gasteiger partial charge < -0.3 is 5.11 Å². The van der Waals surface area contributed by atoms with Gasteiger partial charge >= 0.3 is 0 Å². The molecular formula is C18H28O. The molecule has 0 aromatic heterocycles. The molecule has 1 nitrogen and oxygen atoms in total. The number of rotatable bonds is 0. The summed E-state index contributed by atoms with van der Waals surface area (Å²) in [5, 5.41) is 10.2. The quantitative estimate of drug-likeness (QED) is 0.632. The third-order valence-electron chi connectivity index (χ3n) is 7.28. The second-order valence-corrected chi connectivity index (χ2v) is 8.03. The molecule has 0 spiro atoms. The van der Waals surface area contributed by atoms with Gasteiger partial charge in [0.25, 0.3) is 0 Å².